The molecule has 2 aromatic rings. The Balaban J connectivity index is 1.47. The van der Waals surface area contributed by atoms with Crippen LogP contribution in [0.4, 0.5) is 5.69 Å². The van der Waals surface area contributed by atoms with Gasteiger partial charge in [-0.05, 0) is 48.7 Å². The quantitative estimate of drug-likeness (QED) is 0.739. The van der Waals surface area contributed by atoms with E-state index >= 15 is 0 Å². The number of anilines is 1. The molecule has 0 atom stereocenters. The number of carbonyl (C=O) groups excluding carboxylic acids is 3. The molecule has 27 heavy (non-hydrogen) atoms. The molecule has 2 aromatic carbocycles. The number of ether oxygens (including phenoxy) is 1. The van der Waals surface area contributed by atoms with Gasteiger partial charge in [0.05, 0.1) is 0 Å². The van der Waals surface area contributed by atoms with Crippen LogP contribution < -0.4 is 10.2 Å². The monoisotopic (exact) mass is 430 g/mol. The summed E-state index contributed by atoms with van der Waals surface area (Å²) in [4.78, 5) is 37.9. The van der Waals surface area contributed by atoms with Gasteiger partial charge in [-0.1, -0.05) is 34.1 Å². The average molecular weight is 431 g/mol. The molecule has 1 aliphatic rings. The SMILES string of the molecule is O=C(CNC(=O)c1ccc(Br)cc1)OCC(=O)N1CCCc2ccccc21. The van der Waals surface area contributed by atoms with E-state index in [2.05, 4.69) is 21.2 Å². The molecular formula is C20H19BrN2O4. The van der Waals surface area contributed by atoms with Crippen molar-refractivity contribution >= 4 is 39.4 Å². The van der Waals surface area contributed by atoms with Gasteiger partial charge in [0.2, 0.25) is 0 Å². The van der Waals surface area contributed by atoms with Crippen LogP contribution in [0.2, 0.25) is 0 Å². The predicted octanol–water partition coefficient (Wildman–Crippen LogP) is 2.70. The number of benzene rings is 2. The van der Waals surface area contributed by atoms with Crippen LogP contribution in [0, 0.1) is 0 Å². The number of esters is 1. The van der Waals surface area contributed by atoms with E-state index in [9.17, 15) is 14.4 Å². The molecule has 1 N–H and O–H groups in total. The number of amides is 2. The van der Waals surface area contributed by atoms with Crippen LogP contribution in [-0.4, -0.2) is 37.5 Å². The van der Waals surface area contributed by atoms with Crippen LogP contribution in [0.1, 0.15) is 22.3 Å². The van der Waals surface area contributed by atoms with Gasteiger partial charge >= 0.3 is 5.97 Å². The summed E-state index contributed by atoms with van der Waals surface area (Å²) in [5.74, 6) is -1.30. The van der Waals surface area contributed by atoms with E-state index in [1.54, 1.807) is 29.2 Å². The number of carbonyl (C=O) groups is 3. The molecule has 0 aromatic heterocycles. The van der Waals surface area contributed by atoms with E-state index in [4.69, 9.17) is 4.74 Å². The van der Waals surface area contributed by atoms with Crippen molar-refractivity contribution in [2.24, 2.45) is 0 Å². The standard InChI is InChI=1S/C20H19BrN2O4/c21-16-9-7-15(8-10-16)20(26)22-12-19(25)27-13-18(24)23-11-3-5-14-4-1-2-6-17(14)23/h1-2,4,6-10H,3,5,11-13H2,(H,22,26). The molecule has 0 fully saturated rings. The van der Waals surface area contributed by atoms with Crippen LogP contribution in [-0.2, 0) is 20.7 Å². The van der Waals surface area contributed by atoms with Gasteiger partial charge in [-0.25, -0.2) is 0 Å². The molecule has 0 saturated carbocycles. The van der Waals surface area contributed by atoms with Crippen LogP contribution in [0.5, 0.6) is 0 Å². The van der Waals surface area contributed by atoms with Crippen molar-refractivity contribution in [3.05, 3.63) is 64.1 Å². The van der Waals surface area contributed by atoms with Crippen molar-refractivity contribution in [3.63, 3.8) is 0 Å². The van der Waals surface area contributed by atoms with Crippen LogP contribution in [0.25, 0.3) is 0 Å². The Morgan fingerprint density at radius 2 is 1.81 bits per heavy atom. The molecule has 0 aliphatic carbocycles. The van der Waals surface area contributed by atoms with Gasteiger partial charge in [-0.3, -0.25) is 14.4 Å². The van der Waals surface area contributed by atoms with Gasteiger partial charge in [0.1, 0.15) is 6.54 Å². The Morgan fingerprint density at radius 3 is 2.59 bits per heavy atom. The summed E-state index contributed by atoms with van der Waals surface area (Å²) in [6.45, 7) is -0.0339. The smallest absolute Gasteiger partial charge is 0.325 e. The van der Waals surface area contributed by atoms with Crippen LogP contribution in [0.3, 0.4) is 0 Å². The largest absolute Gasteiger partial charge is 0.454 e. The Bertz CT molecular complexity index is 851. The summed E-state index contributed by atoms with van der Waals surface area (Å²) in [5, 5.41) is 2.48. The Hall–Kier alpha value is -2.67. The summed E-state index contributed by atoms with van der Waals surface area (Å²) in [6.07, 6.45) is 1.81. The first-order chi connectivity index (χ1) is 13.0. The van der Waals surface area contributed by atoms with E-state index in [1.165, 1.54) is 0 Å². The highest BCUT2D eigenvalue weighted by Gasteiger charge is 2.23. The summed E-state index contributed by atoms with van der Waals surface area (Å²) in [7, 11) is 0. The van der Waals surface area contributed by atoms with E-state index in [0.29, 0.717) is 12.1 Å². The fraction of sp³-hybridized carbons (Fsp3) is 0.250. The lowest BCUT2D eigenvalue weighted by atomic mass is 10.0. The van der Waals surface area contributed by atoms with Gasteiger partial charge in [0.15, 0.2) is 6.61 Å². The maximum absolute atomic E-state index is 12.4. The third kappa shape index (κ3) is 4.95. The second-order valence-electron chi connectivity index (χ2n) is 6.13. The molecule has 0 saturated heterocycles. The first kappa shape index (κ1) is 19.1. The predicted molar refractivity (Wildman–Crippen MR) is 105 cm³/mol. The van der Waals surface area contributed by atoms with Crippen molar-refractivity contribution in [1.82, 2.24) is 5.32 Å². The lowest BCUT2D eigenvalue weighted by molar-refractivity contribution is -0.146. The molecular weight excluding hydrogens is 412 g/mol. The molecule has 0 radical (unpaired) electrons. The van der Waals surface area contributed by atoms with Gasteiger partial charge < -0.3 is 15.0 Å². The molecule has 1 heterocycles. The molecule has 0 bridgehead atoms. The van der Waals surface area contributed by atoms with Crippen molar-refractivity contribution in [3.8, 4) is 0 Å². The number of nitrogens with zero attached hydrogens (tertiary/aromatic N) is 1. The van der Waals surface area contributed by atoms with Gasteiger partial charge in [-0.2, -0.15) is 0 Å². The lowest BCUT2D eigenvalue weighted by Gasteiger charge is -2.29. The van der Waals surface area contributed by atoms with Crippen LogP contribution in [0.15, 0.2) is 53.0 Å². The molecule has 7 heteroatoms. The van der Waals surface area contributed by atoms with Crippen molar-refractivity contribution in [2.75, 3.05) is 24.6 Å². The zero-order valence-electron chi connectivity index (χ0n) is 14.6. The average Bonchev–Trinajstić information content (AvgIpc) is 2.70. The third-order valence-corrected chi connectivity index (χ3v) is 4.80. The fourth-order valence-corrected chi connectivity index (χ4v) is 3.18. The van der Waals surface area contributed by atoms with Gasteiger partial charge in [-0.15, -0.1) is 0 Å². The topological polar surface area (TPSA) is 75.7 Å². The highest BCUT2D eigenvalue weighted by molar-refractivity contribution is 9.10. The molecule has 0 unspecified atom stereocenters. The number of nitrogens with one attached hydrogen (secondary N) is 1. The Kier molecular flexibility index (Phi) is 6.24. The molecule has 2 amide bonds. The number of halogens is 1. The van der Waals surface area contributed by atoms with Gasteiger partial charge in [0, 0.05) is 22.3 Å². The first-order valence-electron chi connectivity index (χ1n) is 8.62. The zero-order valence-corrected chi connectivity index (χ0v) is 16.2. The van der Waals surface area contributed by atoms with E-state index in [-0.39, 0.29) is 25.0 Å². The third-order valence-electron chi connectivity index (χ3n) is 4.27. The highest BCUT2D eigenvalue weighted by atomic mass is 79.9. The summed E-state index contributed by atoms with van der Waals surface area (Å²) < 4.78 is 5.88. The molecule has 1 aliphatic heterocycles. The number of para-hydroxylation sites is 1. The minimum atomic E-state index is -0.654. The number of rotatable bonds is 5. The number of fused-ring (bicyclic) bond motifs is 1. The summed E-state index contributed by atoms with van der Waals surface area (Å²) >= 11 is 3.29. The Labute approximate surface area is 165 Å². The number of hydrogen-bond donors (Lipinski definition) is 1. The second kappa shape index (κ2) is 8.81. The lowest BCUT2D eigenvalue weighted by Crippen LogP contribution is -2.39. The maximum Gasteiger partial charge on any atom is 0.325 e. The van der Waals surface area contributed by atoms with E-state index in [0.717, 1.165) is 28.6 Å². The second-order valence-corrected chi connectivity index (χ2v) is 7.04. The fourth-order valence-electron chi connectivity index (χ4n) is 2.92. The molecule has 0 spiro atoms. The number of aryl methyl sites for hydroxylation is 1. The summed E-state index contributed by atoms with van der Waals surface area (Å²) in [5.41, 5.74) is 2.42. The number of hydrogen-bond acceptors (Lipinski definition) is 4. The minimum Gasteiger partial charge on any atom is -0.454 e. The minimum absolute atomic E-state index is 0.269. The molecule has 6 nitrogen and oxygen atoms in total. The van der Waals surface area contributed by atoms with Gasteiger partial charge in [0.25, 0.3) is 11.8 Å². The van der Waals surface area contributed by atoms with Crippen molar-refractivity contribution < 1.29 is 19.1 Å². The molecule has 140 valence electrons. The van der Waals surface area contributed by atoms with Crippen LogP contribution >= 0.6 is 15.9 Å². The van der Waals surface area contributed by atoms with E-state index < -0.39 is 5.97 Å². The first-order valence-corrected chi connectivity index (χ1v) is 9.41. The highest BCUT2D eigenvalue weighted by Crippen LogP contribution is 2.26. The van der Waals surface area contributed by atoms with E-state index in [1.807, 2.05) is 24.3 Å². The maximum atomic E-state index is 12.4. The van der Waals surface area contributed by atoms with Crippen molar-refractivity contribution in [1.29, 1.82) is 0 Å². The Morgan fingerprint density at radius 1 is 1.07 bits per heavy atom. The normalized spacial score (nSPS) is 12.9. The summed E-state index contributed by atoms with van der Waals surface area (Å²) in [6, 6.07) is 14.5. The van der Waals surface area contributed by atoms with Crippen molar-refractivity contribution in [2.45, 2.75) is 12.8 Å². The molecule has 3 rings (SSSR count). The zero-order chi connectivity index (χ0) is 19.2.